The van der Waals surface area contributed by atoms with Gasteiger partial charge in [0.05, 0.1) is 6.21 Å². The van der Waals surface area contributed by atoms with Crippen LogP contribution in [0.15, 0.2) is 53.6 Å². The van der Waals surface area contributed by atoms with Crippen molar-refractivity contribution in [2.45, 2.75) is 13.3 Å². The Morgan fingerprint density at radius 2 is 1.78 bits per heavy atom. The second-order valence-corrected chi connectivity index (χ2v) is 4.72. The Hall–Kier alpha value is -3.15. The second kappa shape index (κ2) is 7.74. The number of anilines is 1. The van der Waals surface area contributed by atoms with Gasteiger partial charge in [-0.25, -0.2) is 5.43 Å². The fourth-order valence-corrected chi connectivity index (χ4v) is 1.94. The molecule has 2 aromatic carbocycles. The smallest absolute Gasteiger partial charge is 0.329 e. The highest BCUT2D eigenvalue weighted by Crippen LogP contribution is 2.15. The molecule has 0 radical (unpaired) electrons. The van der Waals surface area contributed by atoms with Gasteiger partial charge in [-0.05, 0) is 30.2 Å². The summed E-state index contributed by atoms with van der Waals surface area (Å²) in [6, 6.07) is 13.8. The Labute approximate surface area is 133 Å². The molecule has 0 spiro atoms. The second-order valence-electron chi connectivity index (χ2n) is 4.72. The van der Waals surface area contributed by atoms with Gasteiger partial charge in [-0.1, -0.05) is 37.3 Å². The molecule has 2 aromatic rings. The third kappa shape index (κ3) is 4.41. The number of carbonyl (C=O) groups is 2. The summed E-state index contributed by atoms with van der Waals surface area (Å²) in [6.07, 6.45) is 2.00. The Morgan fingerprint density at radius 3 is 2.52 bits per heavy atom. The van der Waals surface area contributed by atoms with Gasteiger partial charge in [0.15, 0.2) is 0 Å². The highest BCUT2D eigenvalue weighted by Gasteiger charge is 2.14. The molecule has 2 amide bonds. The molecule has 0 aliphatic heterocycles. The van der Waals surface area contributed by atoms with Crippen LogP contribution in [-0.2, 0) is 16.0 Å². The Kier molecular flexibility index (Phi) is 5.46. The summed E-state index contributed by atoms with van der Waals surface area (Å²) >= 11 is 0. The van der Waals surface area contributed by atoms with Crippen LogP contribution in [0.25, 0.3) is 0 Å². The van der Waals surface area contributed by atoms with E-state index in [4.69, 9.17) is 0 Å². The monoisotopic (exact) mass is 311 g/mol. The molecule has 23 heavy (non-hydrogen) atoms. The van der Waals surface area contributed by atoms with Gasteiger partial charge in [-0.2, -0.15) is 5.10 Å². The highest BCUT2D eigenvalue weighted by atomic mass is 16.3. The van der Waals surface area contributed by atoms with Crippen molar-refractivity contribution in [2.24, 2.45) is 5.10 Å². The van der Waals surface area contributed by atoms with Crippen LogP contribution in [0.5, 0.6) is 5.75 Å². The van der Waals surface area contributed by atoms with Crippen molar-refractivity contribution in [3.05, 3.63) is 59.7 Å². The van der Waals surface area contributed by atoms with E-state index in [2.05, 4.69) is 15.8 Å². The van der Waals surface area contributed by atoms with Crippen LogP contribution in [0.4, 0.5) is 5.69 Å². The van der Waals surface area contributed by atoms with Gasteiger partial charge < -0.3 is 10.4 Å². The quantitative estimate of drug-likeness (QED) is 0.458. The molecule has 0 aromatic heterocycles. The van der Waals surface area contributed by atoms with Crippen LogP contribution in [0.2, 0.25) is 0 Å². The number of amides is 2. The Bertz CT molecular complexity index is 741. The molecule has 6 heteroatoms. The zero-order chi connectivity index (χ0) is 16.7. The van der Waals surface area contributed by atoms with Crippen LogP contribution in [0, 0.1) is 0 Å². The number of carbonyl (C=O) groups excluding carboxylic acids is 2. The van der Waals surface area contributed by atoms with E-state index in [1.807, 2.05) is 19.1 Å². The highest BCUT2D eigenvalue weighted by molar-refractivity contribution is 6.39. The summed E-state index contributed by atoms with van der Waals surface area (Å²) in [5.74, 6) is -1.66. The van der Waals surface area contributed by atoms with Gasteiger partial charge in [0, 0.05) is 11.3 Å². The molecule has 3 N–H and O–H groups in total. The first-order valence-corrected chi connectivity index (χ1v) is 7.12. The normalized spacial score (nSPS) is 10.5. The molecule has 0 bridgehead atoms. The standard InChI is InChI=1S/C17H17N3O3/c1-2-12-7-3-5-9-14(12)19-16(22)17(23)20-18-11-13-8-4-6-10-15(13)21/h3-11,21H,2H2,1H3,(H,19,22)(H,20,23)/b18-11+. The molecule has 0 heterocycles. The first-order valence-electron chi connectivity index (χ1n) is 7.12. The molecule has 0 saturated carbocycles. The van der Waals surface area contributed by atoms with E-state index in [0.717, 1.165) is 12.0 Å². The summed E-state index contributed by atoms with van der Waals surface area (Å²) in [6.45, 7) is 1.96. The van der Waals surface area contributed by atoms with Crippen LogP contribution < -0.4 is 10.7 Å². The fraction of sp³-hybridized carbons (Fsp3) is 0.118. The number of hydrogen-bond donors (Lipinski definition) is 3. The van der Waals surface area contributed by atoms with E-state index in [1.165, 1.54) is 12.3 Å². The van der Waals surface area contributed by atoms with E-state index in [1.54, 1.807) is 30.3 Å². The van der Waals surface area contributed by atoms with Gasteiger partial charge in [0.2, 0.25) is 0 Å². The van der Waals surface area contributed by atoms with Crippen molar-refractivity contribution in [3.8, 4) is 5.75 Å². The zero-order valence-electron chi connectivity index (χ0n) is 12.6. The zero-order valence-corrected chi connectivity index (χ0v) is 12.6. The molecule has 0 unspecified atom stereocenters. The molecule has 0 atom stereocenters. The largest absolute Gasteiger partial charge is 0.507 e. The molecule has 0 aliphatic rings. The van der Waals surface area contributed by atoms with E-state index in [9.17, 15) is 14.7 Å². The maximum Gasteiger partial charge on any atom is 0.329 e. The van der Waals surface area contributed by atoms with Gasteiger partial charge in [-0.15, -0.1) is 0 Å². The number of aryl methyl sites for hydroxylation is 1. The summed E-state index contributed by atoms with van der Waals surface area (Å²) in [5, 5.41) is 15.8. The lowest BCUT2D eigenvalue weighted by atomic mass is 10.1. The van der Waals surface area contributed by atoms with Crippen molar-refractivity contribution in [2.75, 3.05) is 5.32 Å². The number of benzene rings is 2. The van der Waals surface area contributed by atoms with Crippen molar-refractivity contribution < 1.29 is 14.7 Å². The van der Waals surface area contributed by atoms with Gasteiger partial charge in [-0.3, -0.25) is 9.59 Å². The number of nitrogens with zero attached hydrogens (tertiary/aromatic N) is 1. The Balaban J connectivity index is 1.95. The fourth-order valence-electron chi connectivity index (χ4n) is 1.94. The SMILES string of the molecule is CCc1ccccc1NC(=O)C(=O)N/N=C/c1ccccc1O. The summed E-state index contributed by atoms with van der Waals surface area (Å²) in [7, 11) is 0. The van der Waals surface area contributed by atoms with Crippen LogP contribution in [0.3, 0.4) is 0 Å². The van der Waals surface area contributed by atoms with Crippen molar-refractivity contribution in [1.82, 2.24) is 5.43 Å². The maximum atomic E-state index is 11.8. The number of phenols is 1. The predicted octanol–water partition coefficient (Wildman–Crippen LogP) is 2.04. The summed E-state index contributed by atoms with van der Waals surface area (Å²) < 4.78 is 0. The molecule has 0 aliphatic carbocycles. The topological polar surface area (TPSA) is 90.8 Å². The minimum atomic E-state index is -0.887. The predicted molar refractivity (Wildman–Crippen MR) is 88.3 cm³/mol. The molecule has 6 nitrogen and oxygen atoms in total. The van der Waals surface area contributed by atoms with Crippen LogP contribution >= 0.6 is 0 Å². The third-order valence-corrected chi connectivity index (χ3v) is 3.16. The molecule has 0 saturated heterocycles. The van der Waals surface area contributed by atoms with E-state index in [-0.39, 0.29) is 5.75 Å². The number of hydrogen-bond acceptors (Lipinski definition) is 4. The number of phenolic OH excluding ortho intramolecular Hbond substituents is 1. The van der Waals surface area contributed by atoms with E-state index < -0.39 is 11.8 Å². The molecule has 2 rings (SSSR count). The Morgan fingerprint density at radius 1 is 1.09 bits per heavy atom. The van der Waals surface area contributed by atoms with E-state index in [0.29, 0.717) is 11.3 Å². The first kappa shape index (κ1) is 16.2. The molecule has 118 valence electrons. The van der Waals surface area contributed by atoms with Crippen LogP contribution in [0.1, 0.15) is 18.1 Å². The average molecular weight is 311 g/mol. The van der Waals surface area contributed by atoms with Gasteiger partial charge in [0.25, 0.3) is 0 Å². The van der Waals surface area contributed by atoms with Crippen molar-refractivity contribution in [3.63, 3.8) is 0 Å². The number of hydrazone groups is 1. The minimum Gasteiger partial charge on any atom is -0.507 e. The lowest BCUT2D eigenvalue weighted by molar-refractivity contribution is -0.136. The number of rotatable bonds is 4. The lowest BCUT2D eigenvalue weighted by Crippen LogP contribution is -2.32. The number of para-hydroxylation sites is 2. The van der Waals surface area contributed by atoms with Crippen molar-refractivity contribution in [1.29, 1.82) is 0 Å². The van der Waals surface area contributed by atoms with Crippen LogP contribution in [-0.4, -0.2) is 23.1 Å². The third-order valence-electron chi connectivity index (χ3n) is 3.16. The summed E-state index contributed by atoms with van der Waals surface area (Å²) in [4.78, 5) is 23.6. The lowest BCUT2D eigenvalue weighted by Gasteiger charge is -2.08. The molecule has 0 fully saturated rings. The summed E-state index contributed by atoms with van der Waals surface area (Å²) in [5.41, 5.74) is 4.09. The minimum absolute atomic E-state index is 0.0341. The maximum absolute atomic E-state index is 11.8. The first-order chi connectivity index (χ1) is 11.1. The molecular formula is C17H17N3O3. The van der Waals surface area contributed by atoms with Gasteiger partial charge in [0.1, 0.15) is 5.75 Å². The van der Waals surface area contributed by atoms with E-state index >= 15 is 0 Å². The molecular weight excluding hydrogens is 294 g/mol. The number of nitrogens with one attached hydrogen (secondary N) is 2. The van der Waals surface area contributed by atoms with Gasteiger partial charge >= 0.3 is 11.8 Å². The average Bonchev–Trinajstić information content (AvgIpc) is 2.57. The van der Waals surface area contributed by atoms with Crippen molar-refractivity contribution >= 4 is 23.7 Å². The number of aromatic hydroxyl groups is 1.